The number of nitrogens with zero attached hydrogens (tertiary/aromatic N) is 2. The lowest BCUT2D eigenvalue weighted by molar-refractivity contribution is -0.137. The van der Waals surface area contributed by atoms with Gasteiger partial charge in [0, 0.05) is 19.0 Å². The van der Waals surface area contributed by atoms with Crippen LogP contribution < -0.4 is 9.47 Å². The lowest BCUT2D eigenvalue weighted by atomic mass is 9.91. The van der Waals surface area contributed by atoms with Crippen LogP contribution in [0.5, 0.6) is 17.4 Å². The highest BCUT2D eigenvalue weighted by Gasteiger charge is 2.22. The molecule has 1 aromatic carbocycles. The molecule has 0 radical (unpaired) electrons. The molecule has 0 fully saturated rings. The van der Waals surface area contributed by atoms with Crippen molar-refractivity contribution in [1.29, 1.82) is 0 Å². The van der Waals surface area contributed by atoms with E-state index in [0.717, 1.165) is 5.56 Å². The summed E-state index contributed by atoms with van der Waals surface area (Å²) < 4.78 is 12.0. The van der Waals surface area contributed by atoms with Crippen LogP contribution in [0.3, 0.4) is 0 Å². The van der Waals surface area contributed by atoms with Crippen molar-refractivity contribution in [2.75, 3.05) is 6.79 Å². The molecule has 1 aliphatic heterocycles. The van der Waals surface area contributed by atoms with E-state index in [-0.39, 0.29) is 25.0 Å². The third kappa shape index (κ3) is 2.83. The number of aromatic hydroxyl groups is 1. The van der Waals surface area contributed by atoms with Crippen LogP contribution in [0.1, 0.15) is 23.6 Å². The third-order valence-corrected chi connectivity index (χ3v) is 3.65. The second-order valence-corrected chi connectivity index (χ2v) is 5.23. The predicted octanol–water partition coefficient (Wildman–Crippen LogP) is 1.66. The summed E-state index contributed by atoms with van der Waals surface area (Å²) in [6.45, 7) is 0.177. The summed E-state index contributed by atoms with van der Waals surface area (Å²) in [4.78, 5) is 11.1. The van der Waals surface area contributed by atoms with Crippen molar-refractivity contribution >= 4 is 5.97 Å². The molecule has 0 bridgehead atoms. The summed E-state index contributed by atoms with van der Waals surface area (Å²) in [5.74, 6) is 0.184. The van der Waals surface area contributed by atoms with E-state index in [4.69, 9.17) is 14.6 Å². The smallest absolute Gasteiger partial charge is 0.303 e. The molecular weight excluding hydrogens is 288 g/mol. The molecular formula is C15H16N2O5. The average molecular weight is 304 g/mol. The highest BCUT2D eigenvalue weighted by atomic mass is 16.7. The number of aryl methyl sites for hydroxylation is 1. The number of fused-ring (bicyclic) bond motifs is 1. The Bertz CT molecular complexity index is 690. The molecule has 2 heterocycles. The minimum absolute atomic E-state index is 0.0308. The highest BCUT2D eigenvalue weighted by molar-refractivity contribution is 5.68. The van der Waals surface area contributed by atoms with Gasteiger partial charge in [-0.15, -0.1) is 0 Å². The number of carboxylic acid groups (broad SMARTS) is 1. The Hall–Kier alpha value is -2.70. The summed E-state index contributed by atoms with van der Waals surface area (Å²) in [5, 5.41) is 22.9. The van der Waals surface area contributed by atoms with Crippen molar-refractivity contribution in [1.82, 2.24) is 9.78 Å². The molecule has 7 nitrogen and oxygen atoms in total. The molecule has 0 saturated carbocycles. The standard InChI is InChI=1S/C15H16N2O5/c1-17-14(18)7-11(16-17)4-10(6-15(19)20)9-2-3-12-13(5-9)22-8-21-12/h2-3,5,7,10,18H,4,6,8H2,1H3,(H,19,20). The molecule has 1 atom stereocenters. The Morgan fingerprint density at radius 1 is 1.36 bits per heavy atom. The average Bonchev–Trinajstić information content (AvgIpc) is 3.04. The van der Waals surface area contributed by atoms with Crippen LogP contribution in [-0.2, 0) is 18.3 Å². The third-order valence-electron chi connectivity index (χ3n) is 3.65. The van der Waals surface area contributed by atoms with E-state index >= 15 is 0 Å². The monoisotopic (exact) mass is 304 g/mol. The number of aliphatic carboxylic acids is 1. The molecule has 0 amide bonds. The fourth-order valence-electron chi connectivity index (χ4n) is 2.55. The van der Waals surface area contributed by atoms with E-state index < -0.39 is 5.97 Å². The fourth-order valence-corrected chi connectivity index (χ4v) is 2.55. The largest absolute Gasteiger partial charge is 0.493 e. The van der Waals surface area contributed by atoms with Crippen molar-refractivity contribution < 1.29 is 24.5 Å². The number of carbonyl (C=O) groups is 1. The maximum absolute atomic E-state index is 11.1. The Morgan fingerprint density at radius 2 is 2.14 bits per heavy atom. The van der Waals surface area contributed by atoms with E-state index in [0.29, 0.717) is 23.6 Å². The van der Waals surface area contributed by atoms with E-state index in [2.05, 4.69) is 5.10 Å². The number of hydrogen-bond acceptors (Lipinski definition) is 5. The Morgan fingerprint density at radius 3 is 2.82 bits per heavy atom. The van der Waals surface area contributed by atoms with Gasteiger partial charge in [0.1, 0.15) is 0 Å². The maximum atomic E-state index is 11.1. The van der Waals surface area contributed by atoms with Gasteiger partial charge in [0.15, 0.2) is 11.5 Å². The van der Waals surface area contributed by atoms with E-state index in [1.807, 2.05) is 6.07 Å². The number of aromatic nitrogens is 2. The van der Waals surface area contributed by atoms with Crippen molar-refractivity contribution in [2.24, 2.45) is 7.05 Å². The van der Waals surface area contributed by atoms with Crippen LogP contribution in [0.2, 0.25) is 0 Å². The zero-order chi connectivity index (χ0) is 15.7. The topological polar surface area (TPSA) is 93.8 Å². The van der Waals surface area contributed by atoms with E-state index in [9.17, 15) is 9.90 Å². The minimum atomic E-state index is -0.886. The summed E-state index contributed by atoms with van der Waals surface area (Å²) in [7, 11) is 1.63. The van der Waals surface area contributed by atoms with Crippen LogP contribution in [0, 0.1) is 0 Å². The molecule has 2 aromatic rings. The van der Waals surface area contributed by atoms with Crippen LogP contribution >= 0.6 is 0 Å². The molecule has 7 heteroatoms. The first-order valence-electron chi connectivity index (χ1n) is 6.86. The summed E-state index contributed by atoms with van der Waals surface area (Å²) in [6.07, 6.45) is 0.386. The molecule has 22 heavy (non-hydrogen) atoms. The van der Waals surface area contributed by atoms with Crippen LogP contribution in [0.4, 0.5) is 0 Å². The lowest BCUT2D eigenvalue weighted by Gasteiger charge is -2.14. The first kappa shape index (κ1) is 14.2. The van der Waals surface area contributed by atoms with Gasteiger partial charge in [-0.1, -0.05) is 6.07 Å². The molecule has 2 N–H and O–H groups in total. The second kappa shape index (κ2) is 5.59. The van der Waals surface area contributed by atoms with Gasteiger partial charge >= 0.3 is 5.97 Å². The van der Waals surface area contributed by atoms with Gasteiger partial charge in [0.2, 0.25) is 12.7 Å². The lowest BCUT2D eigenvalue weighted by Crippen LogP contribution is -2.10. The molecule has 0 aliphatic carbocycles. The molecule has 1 unspecified atom stereocenters. The highest BCUT2D eigenvalue weighted by Crippen LogP contribution is 2.36. The van der Waals surface area contributed by atoms with Gasteiger partial charge in [-0.25, -0.2) is 4.68 Å². The number of ether oxygens (including phenoxy) is 2. The molecule has 3 rings (SSSR count). The van der Waals surface area contributed by atoms with Crippen molar-refractivity contribution in [2.45, 2.75) is 18.8 Å². The Kier molecular flexibility index (Phi) is 3.62. The normalized spacial score (nSPS) is 14.0. The van der Waals surface area contributed by atoms with Crippen LogP contribution in [0.15, 0.2) is 24.3 Å². The van der Waals surface area contributed by atoms with Crippen LogP contribution in [0.25, 0.3) is 0 Å². The fraction of sp³-hybridized carbons (Fsp3) is 0.333. The Labute approximate surface area is 126 Å². The summed E-state index contributed by atoms with van der Waals surface area (Å²) >= 11 is 0. The van der Waals surface area contributed by atoms with Gasteiger partial charge in [0.05, 0.1) is 12.1 Å². The van der Waals surface area contributed by atoms with Gasteiger partial charge in [-0.05, 0) is 24.1 Å². The number of benzene rings is 1. The van der Waals surface area contributed by atoms with Crippen LogP contribution in [-0.4, -0.2) is 32.8 Å². The molecule has 116 valence electrons. The predicted molar refractivity (Wildman–Crippen MR) is 76.1 cm³/mol. The van der Waals surface area contributed by atoms with Crippen molar-refractivity contribution in [3.63, 3.8) is 0 Å². The van der Waals surface area contributed by atoms with E-state index in [1.165, 1.54) is 4.68 Å². The van der Waals surface area contributed by atoms with Gasteiger partial charge in [-0.3, -0.25) is 4.79 Å². The molecule has 0 saturated heterocycles. The first-order chi connectivity index (χ1) is 10.5. The van der Waals surface area contributed by atoms with Crippen molar-refractivity contribution in [3.05, 3.63) is 35.5 Å². The first-order valence-corrected chi connectivity index (χ1v) is 6.86. The molecule has 0 spiro atoms. The number of carboxylic acids is 1. The van der Waals surface area contributed by atoms with Crippen molar-refractivity contribution in [3.8, 4) is 17.4 Å². The summed E-state index contributed by atoms with van der Waals surface area (Å²) in [6, 6.07) is 6.97. The quantitative estimate of drug-likeness (QED) is 0.872. The van der Waals surface area contributed by atoms with Gasteiger partial charge in [0.25, 0.3) is 0 Å². The summed E-state index contributed by atoms with van der Waals surface area (Å²) in [5.41, 5.74) is 1.49. The zero-order valence-corrected chi connectivity index (χ0v) is 12.0. The maximum Gasteiger partial charge on any atom is 0.303 e. The molecule has 1 aromatic heterocycles. The minimum Gasteiger partial charge on any atom is -0.493 e. The zero-order valence-electron chi connectivity index (χ0n) is 12.0. The molecule has 1 aliphatic rings. The number of rotatable bonds is 5. The van der Waals surface area contributed by atoms with E-state index in [1.54, 1.807) is 25.2 Å². The Balaban J connectivity index is 1.87. The second-order valence-electron chi connectivity index (χ2n) is 5.23. The number of hydrogen-bond donors (Lipinski definition) is 2. The SMILES string of the molecule is Cn1nc(CC(CC(=O)O)c2ccc3c(c2)OCO3)cc1O. The van der Waals surface area contributed by atoms with Gasteiger partial charge in [-0.2, -0.15) is 5.10 Å². The van der Waals surface area contributed by atoms with Gasteiger partial charge < -0.3 is 19.7 Å².